The summed E-state index contributed by atoms with van der Waals surface area (Å²) in [7, 11) is 0. The lowest BCUT2D eigenvalue weighted by atomic mass is 10.0. The molecule has 1 heterocycles. The van der Waals surface area contributed by atoms with Crippen LogP contribution in [0.1, 0.15) is 33.1 Å². The molecule has 0 aromatic carbocycles. The maximum Gasteiger partial charge on any atom is 0.0588 e. The zero-order valence-corrected chi connectivity index (χ0v) is 9.96. The molecule has 0 bridgehead atoms. The second kappa shape index (κ2) is 5.28. The third-order valence-electron chi connectivity index (χ3n) is 3.55. The van der Waals surface area contributed by atoms with Crippen molar-refractivity contribution in [3.63, 3.8) is 0 Å². The lowest BCUT2D eigenvalue weighted by Gasteiger charge is -2.19. The molecule has 2 fully saturated rings. The van der Waals surface area contributed by atoms with Gasteiger partial charge in [-0.05, 0) is 39.0 Å². The van der Waals surface area contributed by atoms with E-state index in [1.54, 1.807) is 0 Å². The second-order valence-corrected chi connectivity index (χ2v) is 5.12. The lowest BCUT2D eigenvalue weighted by Crippen LogP contribution is -2.40. The number of hydrogen-bond acceptors (Lipinski definition) is 3. The van der Waals surface area contributed by atoms with Crippen molar-refractivity contribution < 1.29 is 4.74 Å². The highest BCUT2D eigenvalue weighted by atomic mass is 16.5. The normalized spacial score (nSPS) is 33.2. The Bertz CT molecular complexity index is 194. The summed E-state index contributed by atoms with van der Waals surface area (Å²) in [5.74, 6) is 0.716. The van der Waals surface area contributed by atoms with Gasteiger partial charge in [0.05, 0.1) is 6.10 Å². The van der Waals surface area contributed by atoms with Gasteiger partial charge < -0.3 is 15.4 Å². The van der Waals surface area contributed by atoms with Crippen molar-refractivity contribution in [1.29, 1.82) is 0 Å². The highest BCUT2D eigenvalue weighted by Gasteiger charge is 2.24. The minimum atomic E-state index is 0.445. The summed E-state index contributed by atoms with van der Waals surface area (Å²) in [6, 6.07) is 1.40. The first kappa shape index (κ1) is 11.4. The number of hydrogen-bond donors (Lipinski definition) is 2. The summed E-state index contributed by atoms with van der Waals surface area (Å²) < 4.78 is 5.55. The van der Waals surface area contributed by atoms with Gasteiger partial charge in [0.2, 0.25) is 0 Å². The molecule has 1 saturated carbocycles. The first-order valence-electron chi connectivity index (χ1n) is 6.34. The van der Waals surface area contributed by atoms with Gasteiger partial charge >= 0.3 is 0 Å². The maximum atomic E-state index is 5.55. The predicted octanol–water partition coefficient (Wildman–Crippen LogP) is 1.14. The monoisotopic (exact) mass is 212 g/mol. The Labute approximate surface area is 93.0 Å². The zero-order chi connectivity index (χ0) is 10.7. The standard InChI is InChI=1S/C12H24N2O/c1-9(7-14-12-3-4-12)13-8-11-5-6-15-10(11)2/h9-14H,3-8H2,1-2H3. The molecule has 1 saturated heterocycles. The van der Waals surface area contributed by atoms with Gasteiger partial charge in [0, 0.05) is 31.8 Å². The molecule has 1 aliphatic heterocycles. The minimum Gasteiger partial charge on any atom is -0.378 e. The van der Waals surface area contributed by atoms with Gasteiger partial charge in [0.1, 0.15) is 0 Å². The summed E-state index contributed by atoms with van der Waals surface area (Å²) in [4.78, 5) is 0. The van der Waals surface area contributed by atoms with E-state index in [2.05, 4.69) is 24.5 Å². The van der Waals surface area contributed by atoms with Crippen LogP contribution in [0.4, 0.5) is 0 Å². The van der Waals surface area contributed by atoms with E-state index in [0.717, 1.165) is 25.7 Å². The van der Waals surface area contributed by atoms with Gasteiger partial charge in [-0.15, -0.1) is 0 Å². The molecule has 2 N–H and O–H groups in total. The van der Waals surface area contributed by atoms with E-state index in [9.17, 15) is 0 Å². The molecular weight excluding hydrogens is 188 g/mol. The van der Waals surface area contributed by atoms with Crippen LogP contribution in [0, 0.1) is 5.92 Å². The Hall–Kier alpha value is -0.120. The summed E-state index contributed by atoms with van der Waals surface area (Å²) in [6.45, 7) is 7.60. The van der Waals surface area contributed by atoms with Crippen molar-refractivity contribution in [2.45, 2.75) is 51.3 Å². The summed E-state index contributed by atoms with van der Waals surface area (Å²) in [6.07, 6.45) is 4.42. The molecule has 3 unspecified atom stereocenters. The highest BCUT2D eigenvalue weighted by molar-refractivity contribution is 4.83. The molecule has 15 heavy (non-hydrogen) atoms. The largest absolute Gasteiger partial charge is 0.378 e. The van der Waals surface area contributed by atoms with Gasteiger partial charge in [0.25, 0.3) is 0 Å². The summed E-state index contributed by atoms with van der Waals surface area (Å²) >= 11 is 0. The molecule has 1 aliphatic carbocycles. The Balaban J connectivity index is 1.55. The Morgan fingerprint density at radius 1 is 1.33 bits per heavy atom. The molecule has 0 amide bonds. The van der Waals surface area contributed by atoms with Gasteiger partial charge in [-0.1, -0.05) is 0 Å². The van der Waals surface area contributed by atoms with Crippen LogP contribution in [0.3, 0.4) is 0 Å². The number of rotatable bonds is 6. The maximum absolute atomic E-state index is 5.55. The fourth-order valence-electron chi connectivity index (χ4n) is 2.10. The first-order chi connectivity index (χ1) is 7.25. The van der Waals surface area contributed by atoms with Crippen molar-refractivity contribution in [1.82, 2.24) is 10.6 Å². The Morgan fingerprint density at radius 3 is 2.73 bits per heavy atom. The smallest absolute Gasteiger partial charge is 0.0588 e. The quantitative estimate of drug-likeness (QED) is 0.693. The van der Waals surface area contributed by atoms with E-state index in [4.69, 9.17) is 4.74 Å². The van der Waals surface area contributed by atoms with Crippen LogP contribution in [-0.2, 0) is 4.74 Å². The van der Waals surface area contributed by atoms with Crippen LogP contribution < -0.4 is 10.6 Å². The second-order valence-electron chi connectivity index (χ2n) is 5.12. The van der Waals surface area contributed by atoms with Gasteiger partial charge in [-0.25, -0.2) is 0 Å². The predicted molar refractivity (Wildman–Crippen MR) is 62.0 cm³/mol. The third kappa shape index (κ3) is 3.74. The molecule has 2 aliphatic rings. The molecule has 0 aromatic heterocycles. The molecule has 3 nitrogen and oxygen atoms in total. The molecule has 3 heteroatoms. The van der Waals surface area contributed by atoms with E-state index in [0.29, 0.717) is 18.1 Å². The Morgan fingerprint density at radius 2 is 2.13 bits per heavy atom. The van der Waals surface area contributed by atoms with Crippen LogP contribution in [0.15, 0.2) is 0 Å². The van der Waals surface area contributed by atoms with Crippen molar-refractivity contribution >= 4 is 0 Å². The molecule has 0 spiro atoms. The fourth-order valence-corrected chi connectivity index (χ4v) is 2.10. The minimum absolute atomic E-state index is 0.445. The van der Waals surface area contributed by atoms with Crippen molar-refractivity contribution in [3.8, 4) is 0 Å². The fraction of sp³-hybridized carbons (Fsp3) is 1.00. The average Bonchev–Trinajstić information content (AvgIpc) is 2.96. The topological polar surface area (TPSA) is 33.3 Å². The molecule has 3 atom stereocenters. The third-order valence-corrected chi connectivity index (χ3v) is 3.55. The molecule has 0 radical (unpaired) electrons. The molecule has 2 rings (SSSR count). The highest BCUT2D eigenvalue weighted by Crippen LogP contribution is 2.20. The van der Waals surface area contributed by atoms with Crippen molar-refractivity contribution in [2.24, 2.45) is 5.92 Å². The van der Waals surface area contributed by atoms with E-state index >= 15 is 0 Å². The number of ether oxygens (including phenoxy) is 1. The van der Waals surface area contributed by atoms with Crippen LogP contribution in [0.2, 0.25) is 0 Å². The van der Waals surface area contributed by atoms with Gasteiger partial charge in [-0.2, -0.15) is 0 Å². The van der Waals surface area contributed by atoms with E-state index in [1.165, 1.54) is 19.3 Å². The van der Waals surface area contributed by atoms with Crippen LogP contribution >= 0.6 is 0 Å². The van der Waals surface area contributed by atoms with Gasteiger partial charge in [-0.3, -0.25) is 0 Å². The lowest BCUT2D eigenvalue weighted by molar-refractivity contribution is 0.105. The molecule has 0 aromatic rings. The average molecular weight is 212 g/mol. The summed E-state index contributed by atoms with van der Waals surface area (Å²) in [5.41, 5.74) is 0. The van der Waals surface area contributed by atoms with E-state index < -0.39 is 0 Å². The van der Waals surface area contributed by atoms with Gasteiger partial charge in [0.15, 0.2) is 0 Å². The first-order valence-corrected chi connectivity index (χ1v) is 6.34. The SMILES string of the molecule is CC(CNC1CC1)NCC1CCOC1C. The van der Waals surface area contributed by atoms with Crippen molar-refractivity contribution in [2.75, 3.05) is 19.7 Å². The van der Waals surface area contributed by atoms with Crippen molar-refractivity contribution in [3.05, 3.63) is 0 Å². The zero-order valence-electron chi connectivity index (χ0n) is 9.96. The Kier molecular flexibility index (Phi) is 4.00. The number of nitrogens with one attached hydrogen (secondary N) is 2. The van der Waals surface area contributed by atoms with Crippen LogP contribution in [0.25, 0.3) is 0 Å². The molecule has 88 valence electrons. The van der Waals surface area contributed by atoms with E-state index in [-0.39, 0.29) is 0 Å². The van der Waals surface area contributed by atoms with Crippen LogP contribution in [0.5, 0.6) is 0 Å². The van der Waals surface area contributed by atoms with E-state index in [1.807, 2.05) is 0 Å². The van der Waals surface area contributed by atoms with Crippen LogP contribution in [-0.4, -0.2) is 37.9 Å². The summed E-state index contributed by atoms with van der Waals surface area (Å²) in [5, 5.41) is 7.14. The molecular formula is C12H24N2O.